The highest BCUT2D eigenvalue weighted by molar-refractivity contribution is 7.84. The fraction of sp³-hybridized carbons (Fsp3) is 0.500. The van der Waals surface area contributed by atoms with Crippen molar-refractivity contribution in [2.75, 3.05) is 25.2 Å². The van der Waals surface area contributed by atoms with Gasteiger partial charge in [-0.1, -0.05) is 12.1 Å². The van der Waals surface area contributed by atoms with Gasteiger partial charge in [-0.2, -0.15) is 5.26 Å². The smallest absolute Gasteiger partial charge is 0.137 e. The van der Waals surface area contributed by atoms with Crippen LogP contribution in [0.15, 0.2) is 24.3 Å². The number of nitrogens with zero attached hydrogens (tertiary/aromatic N) is 1. The Bertz CT molecular complexity index is 488. The van der Waals surface area contributed by atoms with Crippen molar-refractivity contribution >= 4 is 10.8 Å². The molecule has 0 radical (unpaired) electrons. The van der Waals surface area contributed by atoms with Gasteiger partial charge in [0.15, 0.2) is 0 Å². The lowest BCUT2D eigenvalue weighted by Gasteiger charge is -2.17. The molecule has 0 heterocycles. The number of para-hydroxylation sites is 1. The van der Waals surface area contributed by atoms with E-state index in [9.17, 15) is 9.32 Å². The van der Waals surface area contributed by atoms with Crippen LogP contribution >= 0.6 is 0 Å². The average Bonchev–Trinajstić information content (AvgIpc) is 2.42. The molecule has 20 heavy (non-hydrogen) atoms. The van der Waals surface area contributed by atoms with E-state index < -0.39 is 16.9 Å². The minimum atomic E-state index is -0.860. The Morgan fingerprint density at radius 1 is 1.50 bits per heavy atom. The van der Waals surface area contributed by atoms with Gasteiger partial charge in [0, 0.05) is 35.4 Å². The zero-order valence-corrected chi connectivity index (χ0v) is 12.5. The van der Waals surface area contributed by atoms with Crippen molar-refractivity contribution < 1.29 is 14.1 Å². The monoisotopic (exact) mass is 296 g/mol. The summed E-state index contributed by atoms with van der Waals surface area (Å²) in [5.41, 5.74) is 0.447. The molecule has 0 spiro atoms. The van der Waals surface area contributed by atoms with Gasteiger partial charge in [-0.25, -0.2) is 0 Å². The van der Waals surface area contributed by atoms with Crippen LogP contribution in [0.25, 0.3) is 0 Å². The van der Waals surface area contributed by atoms with E-state index in [0.29, 0.717) is 23.6 Å². The molecule has 0 fully saturated rings. The molecule has 0 aromatic heterocycles. The SMILES string of the molecule is CC(CS(C)=O)NCC(O)COc1ccccc1C#N. The van der Waals surface area contributed by atoms with Gasteiger partial charge in [0.25, 0.3) is 0 Å². The van der Waals surface area contributed by atoms with Crippen molar-refractivity contribution in [1.82, 2.24) is 5.32 Å². The first-order chi connectivity index (χ1) is 9.52. The Hall–Kier alpha value is -1.42. The van der Waals surface area contributed by atoms with Crippen molar-refractivity contribution in [3.05, 3.63) is 29.8 Å². The van der Waals surface area contributed by atoms with E-state index in [4.69, 9.17) is 10.00 Å². The number of nitriles is 1. The number of hydrogen-bond donors (Lipinski definition) is 2. The van der Waals surface area contributed by atoms with Crippen LogP contribution < -0.4 is 10.1 Å². The van der Waals surface area contributed by atoms with E-state index in [0.717, 1.165) is 0 Å². The molecule has 0 saturated heterocycles. The summed E-state index contributed by atoms with van der Waals surface area (Å²) in [6.45, 7) is 2.38. The molecule has 0 bridgehead atoms. The van der Waals surface area contributed by atoms with Crippen LogP contribution in [0.1, 0.15) is 12.5 Å². The molecule has 110 valence electrons. The van der Waals surface area contributed by atoms with E-state index in [-0.39, 0.29) is 12.6 Å². The summed E-state index contributed by atoms with van der Waals surface area (Å²) in [5.74, 6) is 1.02. The molecule has 5 nitrogen and oxygen atoms in total. The second-order valence-electron chi connectivity index (χ2n) is 4.62. The molecule has 0 saturated carbocycles. The fourth-order valence-corrected chi connectivity index (χ4v) is 2.50. The summed E-state index contributed by atoms with van der Waals surface area (Å²) in [5, 5.41) is 21.8. The standard InChI is InChI=1S/C14H20N2O3S/c1-11(10-20(2)18)16-8-13(17)9-19-14-6-4-3-5-12(14)7-15/h3-6,11,13,16-17H,8-10H2,1-2H3. The van der Waals surface area contributed by atoms with E-state index in [1.54, 1.807) is 30.5 Å². The third-order valence-electron chi connectivity index (χ3n) is 2.63. The molecule has 0 aliphatic heterocycles. The molecule has 2 N–H and O–H groups in total. The Morgan fingerprint density at radius 2 is 2.20 bits per heavy atom. The molecule has 1 rings (SSSR count). The maximum atomic E-state index is 11.0. The van der Waals surface area contributed by atoms with Crippen LogP contribution in [0.2, 0.25) is 0 Å². The zero-order valence-electron chi connectivity index (χ0n) is 11.7. The second-order valence-corrected chi connectivity index (χ2v) is 6.10. The van der Waals surface area contributed by atoms with Crippen molar-refractivity contribution in [2.24, 2.45) is 0 Å². The molecule has 1 aromatic rings. The van der Waals surface area contributed by atoms with Gasteiger partial charge in [-0.05, 0) is 19.1 Å². The average molecular weight is 296 g/mol. The lowest BCUT2D eigenvalue weighted by Crippen LogP contribution is -2.39. The van der Waals surface area contributed by atoms with Crippen molar-refractivity contribution in [3.63, 3.8) is 0 Å². The van der Waals surface area contributed by atoms with E-state index in [1.807, 2.05) is 13.0 Å². The largest absolute Gasteiger partial charge is 0.489 e. The molecule has 6 heteroatoms. The number of aliphatic hydroxyl groups excluding tert-OH is 1. The van der Waals surface area contributed by atoms with Crippen molar-refractivity contribution in [1.29, 1.82) is 5.26 Å². The van der Waals surface area contributed by atoms with Gasteiger partial charge >= 0.3 is 0 Å². The Kier molecular flexibility index (Phi) is 7.23. The first-order valence-electron chi connectivity index (χ1n) is 6.36. The van der Waals surface area contributed by atoms with Gasteiger partial charge in [-0.3, -0.25) is 4.21 Å². The maximum Gasteiger partial charge on any atom is 0.137 e. The van der Waals surface area contributed by atoms with Crippen molar-refractivity contribution in [2.45, 2.75) is 19.1 Å². The van der Waals surface area contributed by atoms with E-state index >= 15 is 0 Å². The van der Waals surface area contributed by atoms with E-state index in [1.165, 1.54) is 0 Å². The lowest BCUT2D eigenvalue weighted by molar-refractivity contribution is 0.104. The normalized spacial score (nSPS) is 15.1. The summed E-state index contributed by atoms with van der Waals surface area (Å²) >= 11 is 0. The van der Waals surface area contributed by atoms with Crippen LogP contribution in [-0.2, 0) is 10.8 Å². The third kappa shape index (κ3) is 6.15. The summed E-state index contributed by atoms with van der Waals surface area (Å²) < 4.78 is 16.5. The number of aliphatic hydroxyl groups is 1. The van der Waals surface area contributed by atoms with Gasteiger partial charge in [-0.15, -0.1) is 0 Å². The quantitative estimate of drug-likeness (QED) is 0.736. The van der Waals surface area contributed by atoms with Crippen LogP contribution in [0.3, 0.4) is 0 Å². The molecule has 3 atom stereocenters. The predicted molar refractivity (Wildman–Crippen MR) is 79.1 cm³/mol. The molecule has 0 aliphatic rings. The predicted octanol–water partition coefficient (Wildman–Crippen LogP) is 0.655. The van der Waals surface area contributed by atoms with Crippen molar-refractivity contribution in [3.8, 4) is 11.8 Å². The number of benzene rings is 1. The van der Waals surface area contributed by atoms with Gasteiger partial charge in [0.1, 0.15) is 24.5 Å². The maximum absolute atomic E-state index is 11.0. The summed E-state index contributed by atoms with van der Waals surface area (Å²) in [6.07, 6.45) is 0.964. The Morgan fingerprint density at radius 3 is 2.85 bits per heavy atom. The van der Waals surface area contributed by atoms with Gasteiger partial charge in [0.05, 0.1) is 5.56 Å². The topological polar surface area (TPSA) is 82.3 Å². The molecular weight excluding hydrogens is 276 g/mol. The fourth-order valence-electron chi connectivity index (χ4n) is 1.68. The highest BCUT2D eigenvalue weighted by atomic mass is 32.2. The molecule has 1 aromatic carbocycles. The highest BCUT2D eigenvalue weighted by Crippen LogP contribution is 2.16. The number of rotatable bonds is 8. The lowest BCUT2D eigenvalue weighted by atomic mass is 10.2. The summed E-state index contributed by atoms with van der Waals surface area (Å²) in [7, 11) is -0.860. The summed E-state index contributed by atoms with van der Waals surface area (Å²) in [4.78, 5) is 0. The van der Waals surface area contributed by atoms with Crippen LogP contribution in [0.4, 0.5) is 0 Å². The number of ether oxygens (including phenoxy) is 1. The number of nitrogens with one attached hydrogen (secondary N) is 1. The Labute approximate surface area is 122 Å². The summed E-state index contributed by atoms with van der Waals surface area (Å²) in [6, 6.07) is 9.00. The van der Waals surface area contributed by atoms with Gasteiger partial charge in [0.2, 0.25) is 0 Å². The molecule has 0 amide bonds. The first kappa shape index (κ1) is 16.6. The van der Waals surface area contributed by atoms with Crippen LogP contribution in [0.5, 0.6) is 5.75 Å². The minimum absolute atomic E-state index is 0.0712. The van der Waals surface area contributed by atoms with Crippen LogP contribution in [0, 0.1) is 11.3 Å². The Balaban J connectivity index is 2.35. The third-order valence-corrected chi connectivity index (χ3v) is 3.59. The number of hydrogen-bond acceptors (Lipinski definition) is 5. The molecule has 3 unspecified atom stereocenters. The van der Waals surface area contributed by atoms with E-state index in [2.05, 4.69) is 5.32 Å². The molecular formula is C14H20N2O3S. The zero-order chi connectivity index (χ0) is 15.0. The minimum Gasteiger partial charge on any atom is -0.489 e. The second kappa shape index (κ2) is 8.69. The highest BCUT2D eigenvalue weighted by Gasteiger charge is 2.10. The first-order valence-corrected chi connectivity index (χ1v) is 8.09. The molecule has 0 aliphatic carbocycles. The van der Waals surface area contributed by atoms with Crippen LogP contribution in [-0.4, -0.2) is 46.6 Å². The van der Waals surface area contributed by atoms with Gasteiger partial charge < -0.3 is 15.2 Å².